The molecule has 1 aliphatic rings. The molecule has 3 aromatic rings. The first-order valence-electron chi connectivity index (χ1n) is 11.6. The van der Waals surface area contributed by atoms with Crippen LogP contribution in [-0.4, -0.2) is 16.5 Å². The van der Waals surface area contributed by atoms with E-state index >= 15 is 0 Å². The molecule has 32 heavy (non-hydrogen) atoms. The zero-order valence-electron chi connectivity index (χ0n) is 19.2. The highest BCUT2D eigenvalue weighted by atomic mass is 35.5. The topological polar surface area (TPSA) is 68.1 Å². The van der Waals surface area contributed by atoms with Gasteiger partial charge in [0.1, 0.15) is 6.10 Å². The van der Waals surface area contributed by atoms with Crippen molar-refractivity contribution in [1.29, 1.82) is 0 Å². The zero-order chi connectivity index (χ0) is 22.9. The number of rotatable bonds is 6. The number of hydrogen-bond donors (Lipinski definition) is 2. The van der Waals surface area contributed by atoms with Gasteiger partial charge in [-0.3, -0.25) is 0 Å². The molecule has 0 bridgehead atoms. The number of nitrogens with one attached hydrogen (secondary N) is 1. The highest BCUT2D eigenvalue weighted by molar-refractivity contribution is 6.30. The summed E-state index contributed by atoms with van der Waals surface area (Å²) in [4.78, 5) is 16.5. The van der Waals surface area contributed by atoms with Crippen LogP contribution in [0.4, 0.5) is 0 Å². The number of hydrogen-bond acceptors (Lipinski definition) is 3. The van der Waals surface area contributed by atoms with Crippen molar-refractivity contribution in [3.63, 3.8) is 0 Å². The van der Waals surface area contributed by atoms with Gasteiger partial charge in [0, 0.05) is 27.2 Å². The summed E-state index contributed by atoms with van der Waals surface area (Å²) in [6.07, 6.45) is 6.71. The number of aromatic amines is 1. The van der Waals surface area contributed by atoms with Crippen molar-refractivity contribution in [2.75, 3.05) is 0 Å². The second-order valence-corrected chi connectivity index (χ2v) is 10.1. The molecule has 1 fully saturated rings. The largest absolute Gasteiger partial charge is 0.454 e. The number of esters is 1. The molecular weight excluding hydrogens is 420 g/mol. The smallest absolute Gasteiger partial charge is 0.341 e. The van der Waals surface area contributed by atoms with Gasteiger partial charge >= 0.3 is 5.97 Å². The molecular formula is C27H33ClN2O2. The van der Waals surface area contributed by atoms with E-state index in [2.05, 4.69) is 24.0 Å². The number of aromatic nitrogens is 1. The molecule has 2 aromatic carbocycles. The monoisotopic (exact) mass is 452 g/mol. The maximum Gasteiger partial charge on any atom is 0.341 e. The van der Waals surface area contributed by atoms with Crippen molar-refractivity contribution in [3.8, 4) is 0 Å². The summed E-state index contributed by atoms with van der Waals surface area (Å²) < 4.78 is 5.82. The summed E-state index contributed by atoms with van der Waals surface area (Å²) in [7, 11) is 0. The Morgan fingerprint density at radius 1 is 1.19 bits per heavy atom. The molecule has 2 atom stereocenters. The maximum absolute atomic E-state index is 13.1. The van der Waals surface area contributed by atoms with Gasteiger partial charge < -0.3 is 15.5 Å². The number of nitrogens with two attached hydrogens (primary N) is 1. The summed E-state index contributed by atoms with van der Waals surface area (Å²) in [5.74, 6) is 0.223. The van der Waals surface area contributed by atoms with E-state index in [1.807, 2.05) is 32.0 Å². The summed E-state index contributed by atoms with van der Waals surface area (Å²) >= 11 is 5.98. The van der Waals surface area contributed by atoms with Gasteiger partial charge in [-0.05, 0) is 81.3 Å². The van der Waals surface area contributed by atoms with Crippen molar-refractivity contribution >= 4 is 28.5 Å². The Morgan fingerprint density at radius 3 is 2.56 bits per heavy atom. The minimum Gasteiger partial charge on any atom is -0.454 e. The predicted molar refractivity (Wildman–Crippen MR) is 131 cm³/mol. The first kappa shape index (κ1) is 22.9. The van der Waals surface area contributed by atoms with Crippen LogP contribution >= 0.6 is 11.6 Å². The van der Waals surface area contributed by atoms with Crippen molar-refractivity contribution in [2.45, 2.75) is 70.9 Å². The lowest BCUT2D eigenvalue weighted by molar-refractivity contribution is 0.0339. The molecule has 4 rings (SSSR count). The van der Waals surface area contributed by atoms with Crippen LogP contribution in [0.5, 0.6) is 0 Å². The van der Waals surface area contributed by atoms with E-state index in [-0.39, 0.29) is 17.6 Å². The third-order valence-corrected chi connectivity index (χ3v) is 7.25. The summed E-state index contributed by atoms with van der Waals surface area (Å²) in [5, 5.41) is 1.56. The fourth-order valence-electron chi connectivity index (χ4n) is 5.11. The molecule has 2 unspecified atom stereocenters. The number of carbonyl (C=O) groups is 1. The lowest BCUT2D eigenvalue weighted by Crippen LogP contribution is -2.47. The molecule has 1 saturated carbocycles. The number of ether oxygens (including phenoxy) is 1. The van der Waals surface area contributed by atoms with Gasteiger partial charge in [0.05, 0.1) is 5.56 Å². The van der Waals surface area contributed by atoms with Gasteiger partial charge in [0.25, 0.3) is 0 Å². The van der Waals surface area contributed by atoms with Crippen LogP contribution in [0.3, 0.4) is 0 Å². The number of aryl methyl sites for hydroxylation is 1. The van der Waals surface area contributed by atoms with E-state index in [0.29, 0.717) is 16.5 Å². The Labute approximate surface area is 195 Å². The average Bonchev–Trinajstić information content (AvgIpc) is 3.09. The zero-order valence-corrected chi connectivity index (χ0v) is 20.0. The minimum atomic E-state index is -0.370. The highest BCUT2D eigenvalue weighted by Gasteiger charge is 2.31. The summed E-state index contributed by atoms with van der Waals surface area (Å²) in [6, 6.07) is 13.7. The lowest BCUT2D eigenvalue weighted by atomic mass is 9.73. The first-order chi connectivity index (χ1) is 15.2. The summed E-state index contributed by atoms with van der Waals surface area (Å²) in [6.45, 7) is 5.97. The van der Waals surface area contributed by atoms with Crippen LogP contribution < -0.4 is 5.73 Å². The van der Waals surface area contributed by atoms with Crippen molar-refractivity contribution < 1.29 is 9.53 Å². The van der Waals surface area contributed by atoms with Gasteiger partial charge in [-0.15, -0.1) is 0 Å². The van der Waals surface area contributed by atoms with E-state index in [9.17, 15) is 4.79 Å². The fourth-order valence-corrected chi connectivity index (χ4v) is 5.24. The number of halogens is 1. The molecule has 170 valence electrons. The third kappa shape index (κ3) is 4.87. The summed E-state index contributed by atoms with van der Waals surface area (Å²) in [5.41, 5.74) is 11.0. The van der Waals surface area contributed by atoms with E-state index in [0.717, 1.165) is 34.1 Å². The van der Waals surface area contributed by atoms with Gasteiger partial charge in [-0.2, -0.15) is 0 Å². The first-order valence-corrected chi connectivity index (χ1v) is 12.0. The van der Waals surface area contributed by atoms with Crippen LogP contribution in [0.25, 0.3) is 10.9 Å². The van der Waals surface area contributed by atoms with Crippen LogP contribution in [0, 0.1) is 12.8 Å². The van der Waals surface area contributed by atoms with Crippen molar-refractivity contribution in [3.05, 3.63) is 69.9 Å². The number of fused-ring (bicyclic) bond motifs is 1. The Hall–Kier alpha value is -2.30. The Morgan fingerprint density at radius 2 is 1.88 bits per heavy atom. The van der Waals surface area contributed by atoms with Crippen LogP contribution in [0.15, 0.2) is 42.5 Å². The Kier molecular flexibility index (Phi) is 6.64. The lowest BCUT2D eigenvalue weighted by Gasteiger charge is -2.37. The van der Waals surface area contributed by atoms with Crippen LogP contribution in [0.1, 0.15) is 79.2 Å². The fraction of sp³-hybridized carbons (Fsp3) is 0.444. The van der Waals surface area contributed by atoms with Crippen LogP contribution in [0.2, 0.25) is 5.02 Å². The molecule has 5 heteroatoms. The standard InChI is InChI=1S/C27H33ClN2O2/c1-17-25(26(31)32-18(2)20-10-12-22(28)13-11-20)23-15-19(9-14-24(23)30-17)16-27(3,29)21-7-5-4-6-8-21/h9-15,18,21,30H,4-8,16,29H2,1-3H3. The molecule has 0 amide bonds. The van der Waals surface area contributed by atoms with E-state index in [1.54, 1.807) is 12.1 Å². The van der Waals surface area contributed by atoms with Crippen LogP contribution in [-0.2, 0) is 11.2 Å². The second kappa shape index (κ2) is 9.29. The van der Waals surface area contributed by atoms with E-state index < -0.39 is 0 Å². The predicted octanol–water partition coefficient (Wildman–Crippen LogP) is 6.89. The third-order valence-electron chi connectivity index (χ3n) is 7.00. The molecule has 0 aliphatic heterocycles. The molecule has 1 aromatic heterocycles. The molecule has 3 N–H and O–H groups in total. The normalized spacial score (nSPS) is 17.8. The van der Waals surface area contributed by atoms with Crippen molar-refractivity contribution in [2.24, 2.45) is 11.7 Å². The van der Waals surface area contributed by atoms with Crippen molar-refractivity contribution in [1.82, 2.24) is 4.98 Å². The SMILES string of the molecule is Cc1[nH]c2ccc(CC(C)(N)C3CCCCC3)cc2c1C(=O)OC(C)c1ccc(Cl)cc1. The number of H-pyrrole nitrogens is 1. The van der Waals surface area contributed by atoms with Gasteiger partial charge in [-0.1, -0.05) is 49.1 Å². The average molecular weight is 453 g/mol. The molecule has 0 radical (unpaired) electrons. The quantitative estimate of drug-likeness (QED) is 0.400. The molecule has 0 spiro atoms. The Balaban J connectivity index is 1.57. The Bertz CT molecular complexity index is 1090. The minimum absolute atomic E-state index is 0.247. The molecule has 4 nitrogen and oxygen atoms in total. The molecule has 1 heterocycles. The second-order valence-electron chi connectivity index (χ2n) is 9.62. The van der Waals surface area contributed by atoms with Gasteiger partial charge in [0.2, 0.25) is 0 Å². The number of benzene rings is 2. The van der Waals surface area contributed by atoms with Gasteiger partial charge in [0.15, 0.2) is 0 Å². The van der Waals surface area contributed by atoms with E-state index in [1.165, 1.54) is 32.1 Å². The maximum atomic E-state index is 13.1. The highest BCUT2D eigenvalue weighted by Crippen LogP contribution is 2.34. The van der Waals surface area contributed by atoms with Gasteiger partial charge in [-0.25, -0.2) is 4.79 Å². The molecule has 0 saturated heterocycles. The molecule has 1 aliphatic carbocycles. The number of carbonyl (C=O) groups excluding carboxylic acids is 1. The van der Waals surface area contributed by atoms with E-state index in [4.69, 9.17) is 22.1 Å².